The van der Waals surface area contributed by atoms with Crippen LogP contribution in [0.15, 0.2) is 54.9 Å². The minimum absolute atomic E-state index is 0.0394. The molecule has 1 atom stereocenters. The monoisotopic (exact) mass is 350 g/mol. The van der Waals surface area contributed by atoms with Gasteiger partial charge in [0.2, 0.25) is 0 Å². The van der Waals surface area contributed by atoms with Gasteiger partial charge in [-0.2, -0.15) is 5.10 Å². The van der Waals surface area contributed by atoms with Crippen molar-refractivity contribution >= 4 is 11.6 Å². The van der Waals surface area contributed by atoms with Crippen molar-refractivity contribution in [3.05, 3.63) is 66.2 Å². The van der Waals surface area contributed by atoms with Crippen molar-refractivity contribution in [2.24, 2.45) is 7.05 Å². The van der Waals surface area contributed by atoms with E-state index >= 15 is 0 Å². The summed E-state index contributed by atoms with van der Waals surface area (Å²) in [5.41, 5.74) is 2.13. The van der Waals surface area contributed by atoms with E-state index in [-0.39, 0.29) is 6.10 Å². The fourth-order valence-corrected chi connectivity index (χ4v) is 3.08. The fraction of sp³-hybridized carbons (Fsp3) is 0.316. The molecule has 0 unspecified atom stereocenters. The molecule has 1 N–H and O–H groups in total. The van der Waals surface area contributed by atoms with Crippen molar-refractivity contribution in [3.8, 4) is 0 Å². The lowest BCUT2D eigenvalue weighted by molar-refractivity contribution is -0.0355. The van der Waals surface area contributed by atoms with Crippen LogP contribution in [0.1, 0.15) is 17.5 Å². The summed E-state index contributed by atoms with van der Waals surface area (Å²) in [6, 6.07) is 13.8. The maximum absolute atomic E-state index is 5.98. The van der Waals surface area contributed by atoms with E-state index in [1.165, 1.54) is 5.69 Å². The van der Waals surface area contributed by atoms with Crippen LogP contribution in [0.5, 0.6) is 0 Å². The second-order valence-electron chi connectivity index (χ2n) is 6.33. The smallest absolute Gasteiger partial charge is 0.131 e. The van der Waals surface area contributed by atoms with Gasteiger partial charge in [-0.1, -0.05) is 12.1 Å². The first kappa shape index (κ1) is 16.7. The third-order valence-corrected chi connectivity index (χ3v) is 4.48. The maximum atomic E-state index is 5.98. The predicted octanol–water partition coefficient (Wildman–Crippen LogP) is 2.53. The summed E-state index contributed by atoms with van der Waals surface area (Å²) in [7, 11) is 1.97. The molecule has 3 aromatic rings. The number of nitrogens with zero attached hydrogens (tertiary/aromatic N) is 5. The Morgan fingerprint density at radius 3 is 2.85 bits per heavy atom. The van der Waals surface area contributed by atoms with Gasteiger partial charge in [0.05, 0.1) is 18.0 Å². The van der Waals surface area contributed by atoms with Crippen LogP contribution in [-0.2, 0) is 18.3 Å². The highest BCUT2D eigenvalue weighted by Gasteiger charge is 2.24. The van der Waals surface area contributed by atoms with Gasteiger partial charge in [-0.3, -0.25) is 9.58 Å². The molecular weight excluding hydrogens is 328 g/mol. The van der Waals surface area contributed by atoms with Gasteiger partial charge >= 0.3 is 0 Å². The highest BCUT2D eigenvalue weighted by molar-refractivity contribution is 5.51. The lowest BCUT2D eigenvalue weighted by Gasteiger charge is -2.32. The first-order chi connectivity index (χ1) is 12.8. The van der Waals surface area contributed by atoms with Crippen LogP contribution < -0.4 is 5.32 Å². The number of hydrogen-bond acceptors (Lipinski definition) is 6. The molecule has 0 saturated carbocycles. The van der Waals surface area contributed by atoms with E-state index in [9.17, 15) is 0 Å². The van der Waals surface area contributed by atoms with Crippen LogP contribution in [0.25, 0.3) is 0 Å². The molecule has 0 bridgehead atoms. The third-order valence-electron chi connectivity index (χ3n) is 4.48. The molecule has 7 nitrogen and oxygen atoms in total. The zero-order valence-electron chi connectivity index (χ0n) is 14.7. The lowest BCUT2D eigenvalue weighted by Crippen LogP contribution is -2.38. The minimum Gasteiger partial charge on any atom is -0.369 e. The summed E-state index contributed by atoms with van der Waals surface area (Å²) < 4.78 is 7.90. The van der Waals surface area contributed by atoms with Gasteiger partial charge in [-0.25, -0.2) is 9.97 Å². The van der Waals surface area contributed by atoms with Crippen molar-refractivity contribution in [1.82, 2.24) is 24.6 Å². The van der Waals surface area contributed by atoms with E-state index in [0.717, 1.165) is 37.0 Å². The quantitative estimate of drug-likeness (QED) is 0.763. The third kappa shape index (κ3) is 3.89. The number of nitrogens with one attached hydrogen (secondary N) is 1. The largest absolute Gasteiger partial charge is 0.369 e. The molecule has 0 aliphatic carbocycles. The topological polar surface area (TPSA) is 68.1 Å². The first-order valence-corrected chi connectivity index (χ1v) is 8.74. The lowest BCUT2D eigenvalue weighted by atomic mass is 10.2. The summed E-state index contributed by atoms with van der Waals surface area (Å²) in [6.45, 7) is 3.28. The Bertz CT molecular complexity index is 850. The van der Waals surface area contributed by atoms with Gasteiger partial charge in [0.1, 0.15) is 17.7 Å². The molecule has 0 spiro atoms. The Hall–Kier alpha value is -2.77. The van der Waals surface area contributed by atoms with E-state index in [2.05, 4.69) is 26.4 Å². The first-order valence-electron chi connectivity index (χ1n) is 8.74. The zero-order valence-corrected chi connectivity index (χ0v) is 14.7. The van der Waals surface area contributed by atoms with Crippen LogP contribution in [0, 0.1) is 0 Å². The van der Waals surface area contributed by atoms with Gasteiger partial charge in [0.25, 0.3) is 0 Å². The predicted molar refractivity (Wildman–Crippen MR) is 98.9 cm³/mol. The number of rotatable bonds is 5. The Labute approximate surface area is 152 Å². The summed E-state index contributed by atoms with van der Waals surface area (Å²) in [5.74, 6) is 1.55. The number of ether oxygens (including phenoxy) is 1. The highest BCUT2D eigenvalue weighted by Crippen LogP contribution is 2.23. The Morgan fingerprint density at radius 1 is 1.12 bits per heavy atom. The average Bonchev–Trinajstić information content (AvgIpc) is 3.08. The van der Waals surface area contributed by atoms with Crippen molar-refractivity contribution in [2.45, 2.75) is 12.6 Å². The molecule has 7 heteroatoms. The molecule has 1 aliphatic rings. The van der Waals surface area contributed by atoms with Gasteiger partial charge in [0.15, 0.2) is 0 Å². The Kier molecular flexibility index (Phi) is 4.90. The van der Waals surface area contributed by atoms with Crippen molar-refractivity contribution in [2.75, 3.05) is 25.0 Å². The molecule has 0 radical (unpaired) electrons. The molecule has 0 aromatic carbocycles. The van der Waals surface area contributed by atoms with Crippen molar-refractivity contribution in [1.29, 1.82) is 0 Å². The van der Waals surface area contributed by atoms with Crippen LogP contribution >= 0.6 is 0 Å². The molecular formula is C19H22N6O. The van der Waals surface area contributed by atoms with Gasteiger partial charge in [-0.05, 0) is 30.3 Å². The van der Waals surface area contributed by atoms with Crippen LogP contribution in [0.3, 0.4) is 0 Å². The van der Waals surface area contributed by atoms with Gasteiger partial charge in [0, 0.05) is 39.1 Å². The van der Waals surface area contributed by atoms with Crippen LogP contribution in [0.2, 0.25) is 0 Å². The number of aryl methyl sites for hydroxylation is 1. The summed E-state index contributed by atoms with van der Waals surface area (Å²) >= 11 is 0. The zero-order chi connectivity index (χ0) is 17.8. The van der Waals surface area contributed by atoms with Crippen LogP contribution in [-0.4, -0.2) is 44.3 Å². The van der Waals surface area contributed by atoms with Gasteiger partial charge in [-0.15, -0.1) is 0 Å². The van der Waals surface area contributed by atoms with Crippen molar-refractivity contribution < 1.29 is 4.74 Å². The second kappa shape index (κ2) is 7.63. The normalized spacial score (nSPS) is 18.0. The molecule has 1 saturated heterocycles. The SMILES string of the molecule is Cn1nccc1CN1CCO[C@@H](c2cccc(Nc3ccccn3)n2)C1. The molecule has 4 heterocycles. The summed E-state index contributed by atoms with van der Waals surface area (Å²) in [6.07, 6.45) is 3.55. The summed E-state index contributed by atoms with van der Waals surface area (Å²) in [4.78, 5) is 11.4. The minimum atomic E-state index is -0.0394. The van der Waals surface area contributed by atoms with E-state index in [1.807, 2.05) is 54.3 Å². The van der Waals surface area contributed by atoms with E-state index in [4.69, 9.17) is 9.72 Å². The van der Waals surface area contributed by atoms with E-state index < -0.39 is 0 Å². The maximum Gasteiger partial charge on any atom is 0.131 e. The number of pyridine rings is 2. The van der Waals surface area contributed by atoms with E-state index in [0.29, 0.717) is 6.61 Å². The number of aromatic nitrogens is 4. The van der Waals surface area contributed by atoms with E-state index in [1.54, 1.807) is 6.20 Å². The molecule has 1 aliphatic heterocycles. The molecule has 0 amide bonds. The molecule has 26 heavy (non-hydrogen) atoms. The number of hydrogen-bond donors (Lipinski definition) is 1. The molecule has 3 aromatic heterocycles. The average molecular weight is 350 g/mol. The second-order valence-corrected chi connectivity index (χ2v) is 6.33. The number of anilines is 2. The Morgan fingerprint density at radius 2 is 2.04 bits per heavy atom. The summed E-state index contributed by atoms with van der Waals surface area (Å²) in [5, 5.41) is 7.48. The molecule has 134 valence electrons. The standard InChI is InChI=1S/C19H22N6O/c1-24-15(8-10-21-24)13-25-11-12-26-17(14-25)16-5-4-7-19(22-16)23-18-6-2-3-9-20-18/h2-10,17H,11-14H2,1H3,(H,20,22,23)/t17-/m1/s1. The fourth-order valence-electron chi connectivity index (χ4n) is 3.08. The molecule has 4 rings (SSSR count). The van der Waals surface area contributed by atoms with Crippen LogP contribution in [0.4, 0.5) is 11.6 Å². The van der Waals surface area contributed by atoms with Crippen molar-refractivity contribution in [3.63, 3.8) is 0 Å². The highest BCUT2D eigenvalue weighted by atomic mass is 16.5. The number of morpholine rings is 1. The Balaban J connectivity index is 1.45. The van der Waals surface area contributed by atoms with Gasteiger partial charge < -0.3 is 10.1 Å². The molecule has 1 fully saturated rings.